The van der Waals surface area contributed by atoms with Gasteiger partial charge in [-0.3, -0.25) is 0 Å². The number of aromatic amines is 1. The van der Waals surface area contributed by atoms with Crippen LogP contribution < -0.4 is 0 Å². The van der Waals surface area contributed by atoms with Crippen molar-refractivity contribution in [2.24, 2.45) is 0 Å². The first kappa shape index (κ1) is 14.3. The number of carbonyl (C=O) groups excluding carboxylic acids is 1. The van der Waals surface area contributed by atoms with Gasteiger partial charge in [-0.05, 0) is 6.92 Å². The highest BCUT2D eigenvalue weighted by Gasteiger charge is 2.43. The number of rotatable bonds is 5. The Morgan fingerprint density at radius 2 is 2.30 bits per heavy atom. The summed E-state index contributed by atoms with van der Waals surface area (Å²) in [4.78, 5) is 32.7. The lowest BCUT2D eigenvalue weighted by Crippen LogP contribution is -2.65. The van der Waals surface area contributed by atoms with Gasteiger partial charge in [0, 0.05) is 19.4 Å². The average molecular weight is 282 g/mol. The summed E-state index contributed by atoms with van der Waals surface area (Å²) < 4.78 is 5.26. The molecule has 0 unspecified atom stereocenters. The smallest absolute Gasteiger partial charge is 0.329 e. The first-order valence-electron chi connectivity index (χ1n) is 6.24. The van der Waals surface area contributed by atoms with E-state index in [1.54, 1.807) is 36.2 Å². The Morgan fingerprint density at radius 1 is 1.60 bits per heavy atom. The number of nitrogens with zero attached hydrogens (tertiary/aromatic N) is 3. The Labute approximate surface area is 116 Å². The second kappa shape index (κ2) is 5.49. The van der Waals surface area contributed by atoms with E-state index in [9.17, 15) is 9.59 Å². The molecule has 2 heterocycles. The van der Waals surface area contributed by atoms with Crippen LogP contribution in [0, 0.1) is 0 Å². The summed E-state index contributed by atoms with van der Waals surface area (Å²) in [6.45, 7) is 2.63. The molecule has 0 saturated carbocycles. The van der Waals surface area contributed by atoms with Gasteiger partial charge in [-0.2, -0.15) is 0 Å². The molecule has 8 nitrogen and oxygen atoms in total. The molecule has 1 aromatic rings. The van der Waals surface area contributed by atoms with Crippen molar-refractivity contribution in [1.82, 2.24) is 19.8 Å². The van der Waals surface area contributed by atoms with E-state index < -0.39 is 11.6 Å². The normalized spacial score (nSPS) is 16.6. The summed E-state index contributed by atoms with van der Waals surface area (Å²) >= 11 is 0. The van der Waals surface area contributed by atoms with Crippen molar-refractivity contribution in [3.8, 4) is 0 Å². The number of ether oxygens (including phenoxy) is 1. The van der Waals surface area contributed by atoms with Crippen LogP contribution in [0.1, 0.15) is 12.7 Å². The monoisotopic (exact) mass is 282 g/mol. The van der Waals surface area contributed by atoms with Crippen molar-refractivity contribution in [2.75, 3.05) is 26.7 Å². The largest absolute Gasteiger partial charge is 0.480 e. The predicted molar refractivity (Wildman–Crippen MR) is 69.0 cm³/mol. The molecule has 1 aromatic heterocycles. The summed E-state index contributed by atoms with van der Waals surface area (Å²) in [5, 5.41) is 8.58. The van der Waals surface area contributed by atoms with E-state index in [0.717, 1.165) is 0 Å². The summed E-state index contributed by atoms with van der Waals surface area (Å²) in [5.41, 5.74) is -0.570. The maximum absolute atomic E-state index is 12.1. The number of urea groups is 1. The van der Waals surface area contributed by atoms with Crippen molar-refractivity contribution in [1.29, 1.82) is 0 Å². The maximum atomic E-state index is 12.1. The molecule has 0 aliphatic carbocycles. The van der Waals surface area contributed by atoms with Crippen LogP contribution in [-0.2, 0) is 16.1 Å². The molecule has 0 atom stereocenters. The quantitative estimate of drug-likeness (QED) is 0.800. The number of carbonyl (C=O) groups is 2. The van der Waals surface area contributed by atoms with Crippen LogP contribution >= 0.6 is 0 Å². The fourth-order valence-electron chi connectivity index (χ4n) is 2.14. The highest BCUT2D eigenvalue weighted by Crippen LogP contribution is 2.25. The number of amides is 2. The van der Waals surface area contributed by atoms with Crippen LogP contribution in [-0.4, -0.2) is 69.2 Å². The van der Waals surface area contributed by atoms with E-state index in [-0.39, 0.29) is 12.6 Å². The van der Waals surface area contributed by atoms with Gasteiger partial charge in [0.2, 0.25) is 0 Å². The van der Waals surface area contributed by atoms with E-state index in [2.05, 4.69) is 9.97 Å². The maximum Gasteiger partial charge on any atom is 0.329 e. The van der Waals surface area contributed by atoms with Crippen LogP contribution in [0.25, 0.3) is 0 Å². The molecule has 0 aromatic carbocycles. The molecule has 2 amide bonds. The number of imidazole rings is 1. The lowest BCUT2D eigenvalue weighted by molar-refractivity contribution is -0.160. The van der Waals surface area contributed by atoms with Gasteiger partial charge in [0.15, 0.2) is 0 Å². The minimum atomic E-state index is -1.01. The number of aromatic nitrogens is 2. The first-order chi connectivity index (χ1) is 9.39. The lowest BCUT2D eigenvalue weighted by Gasteiger charge is -2.48. The van der Waals surface area contributed by atoms with Crippen molar-refractivity contribution in [2.45, 2.75) is 19.1 Å². The summed E-state index contributed by atoms with van der Waals surface area (Å²) in [6.07, 6.45) is 3.34. The zero-order valence-corrected chi connectivity index (χ0v) is 11.5. The van der Waals surface area contributed by atoms with E-state index in [1.807, 2.05) is 0 Å². The number of H-pyrrole nitrogens is 1. The first-order valence-corrected chi connectivity index (χ1v) is 6.24. The number of carboxylic acid groups (broad SMARTS) is 1. The molecule has 1 fully saturated rings. The van der Waals surface area contributed by atoms with Gasteiger partial charge < -0.3 is 24.6 Å². The Kier molecular flexibility index (Phi) is 3.93. The number of likely N-dealkylation sites (tertiary alicyclic amines) is 1. The molecule has 2 rings (SSSR count). The molecule has 2 N–H and O–H groups in total. The lowest BCUT2D eigenvalue weighted by atomic mass is 9.97. The van der Waals surface area contributed by atoms with Crippen LogP contribution in [0.2, 0.25) is 0 Å². The standard InChI is InChI=1S/C12H18N4O4/c1-12(20-6-10(17)18)7-16(8-12)11(19)15(2)5-9-13-3-4-14-9/h3-4H,5-8H2,1-2H3,(H,13,14)(H,17,18). The van der Waals surface area contributed by atoms with Crippen molar-refractivity contribution in [3.63, 3.8) is 0 Å². The Morgan fingerprint density at radius 3 is 2.85 bits per heavy atom. The number of aliphatic carboxylic acids is 1. The zero-order chi connectivity index (χ0) is 14.8. The predicted octanol–water partition coefficient (Wildman–Crippen LogP) is 0.137. The summed E-state index contributed by atoms with van der Waals surface area (Å²) in [5.74, 6) is -0.294. The molecule has 1 aliphatic rings. The number of hydrogen-bond donors (Lipinski definition) is 2. The number of hydrogen-bond acceptors (Lipinski definition) is 4. The fraction of sp³-hybridized carbons (Fsp3) is 0.583. The van der Waals surface area contributed by atoms with Crippen LogP contribution in [0.4, 0.5) is 4.79 Å². The van der Waals surface area contributed by atoms with Gasteiger partial charge >= 0.3 is 12.0 Å². The van der Waals surface area contributed by atoms with Crippen LogP contribution in [0.15, 0.2) is 12.4 Å². The second-order valence-electron chi connectivity index (χ2n) is 5.16. The second-order valence-corrected chi connectivity index (χ2v) is 5.16. The van der Waals surface area contributed by atoms with Gasteiger partial charge in [0.1, 0.15) is 18.0 Å². The topological polar surface area (TPSA) is 98.8 Å². The van der Waals surface area contributed by atoms with E-state index in [1.165, 1.54) is 0 Å². The third-order valence-electron chi connectivity index (χ3n) is 3.13. The molecular weight excluding hydrogens is 264 g/mol. The van der Waals surface area contributed by atoms with Crippen molar-refractivity contribution >= 4 is 12.0 Å². The zero-order valence-electron chi connectivity index (χ0n) is 11.5. The minimum Gasteiger partial charge on any atom is -0.480 e. The third-order valence-corrected chi connectivity index (χ3v) is 3.13. The fourth-order valence-corrected chi connectivity index (χ4v) is 2.14. The van der Waals surface area contributed by atoms with E-state index in [4.69, 9.17) is 9.84 Å². The number of carboxylic acids is 1. The Hall–Kier alpha value is -2.09. The van der Waals surface area contributed by atoms with Gasteiger partial charge in [-0.1, -0.05) is 0 Å². The Bertz CT molecular complexity index is 482. The van der Waals surface area contributed by atoms with Gasteiger partial charge in [0.25, 0.3) is 0 Å². The molecule has 1 aliphatic heterocycles. The highest BCUT2D eigenvalue weighted by atomic mass is 16.5. The van der Waals surface area contributed by atoms with E-state index in [0.29, 0.717) is 25.5 Å². The van der Waals surface area contributed by atoms with Crippen molar-refractivity contribution in [3.05, 3.63) is 18.2 Å². The highest BCUT2D eigenvalue weighted by molar-refractivity contribution is 5.75. The van der Waals surface area contributed by atoms with Crippen LogP contribution in [0.5, 0.6) is 0 Å². The SMILES string of the molecule is CN(Cc1ncc[nH]1)C(=O)N1CC(C)(OCC(=O)O)C1. The molecule has 0 spiro atoms. The number of nitrogens with one attached hydrogen (secondary N) is 1. The molecule has 110 valence electrons. The molecule has 0 bridgehead atoms. The molecule has 20 heavy (non-hydrogen) atoms. The van der Waals surface area contributed by atoms with Gasteiger partial charge in [-0.25, -0.2) is 14.6 Å². The van der Waals surface area contributed by atoms with Crippen molar-refractivity contribution < 1.29 is 19.4 Å². The van der Waals surface area contributed by atoms with Gasteiger partial charge in [-0.15, -0.1) is 0 Å². The molecule has 8 heteroatoms. The molecule has 0 radical (unpaired) electrons. The Balaban J connectivity index is 1.79. The van der Waals surface area contributed by atoms with Gasteiger partial charge in [0.05, 0.1) is 19.6 Å². The average Bonchev–Trinajstić information content (AvgIpc) is 2.84. The summed E-state index contributed by atoms with van der Waals surface area (Å²) in [6, 6.07) is -0.127. The minimum absolute atomic E-state index is 0.127. The van der Waals surface area contributed by atoms with Crippen LogP contribution in [0.3, 0.4) is 0 Å². The molecular formula is C12H18N4O4. The third kappa shape index (κ3) is 3.27. The summed E-state index contributed by atoms with van der Waals surface area (Å²) in [7, 11) is 1.69. The van der Waals surface area contributed by atoms with E-state index >= 15 is 0 Å². The molecule has 1 saturated heterocycles.